The Labute approximate surface area is 114 Å². The first-order valence-corrected chi connectivity index (χ1v) is 6.54. The van der Waals surface area contributed by atoms with Gasteiger partial charge in [-0.25, -0.2) is 0 Å². The zero-order chi connectivity index (χ0) is 13.7. The quantitative estimate of drug-likeness (QED) is 0.835. The topological polar surface area (TPSA) is 25.2 Å². The molecule has 2 nitrogen and oxygen atoms in total. The molecule has 1 aromatic heterocycles. The highest BCUT2D eigenvalue weighted by atomic mass is 16.3. The van der Waals surface area contributed by atoms with Gasteiger partial charge in [-0.05, 0) is 29.7 Å². The molecule has 19 heavy (non-hydrogen) atoms. The Morgan fingerprint density at radius 2 is 1.89 bits per heavy atom. The standard InChI is InChI=1S/C17H19NO/c1-14(2)17(19)16-10-12-18(13-16)11-6-9-15-7-4-3-5-8-15/h3-5,7-8,10,12-14,17,19H,11H2,1-2H3. The van der Waals surface area contributed by atoms with Crippen LogP contribution in [0.5, 0.6) is 0 Å². The summed E-state index contributed by atoms with van der Waals surface area (Å²) in [6.45, 7) is 4.66. The summed E-state index contributed by atoms with van der Waals surface area (Å²) in [5.41, 5.74) is 1.98. The molecule has 0 fully saturated rings. The lowest BCUT2D eigenvalue weighted by Gasteiger charge is -2.12. The van der Waals surface area contributed by atoms with Gasteiger partial charge in [0.2, 0.25) is 0 Å². The van der Waals surface area contributed by atoms with E-state index in [1.807, 2.05) is 67.2 Å². The van der Waals surface area contributed by atoms with Crippen molar-refractivity contribution in [1.82, 2.24) is 4.57 Å². The Morgan fingerprint density at radius 3 is 2.58 bits per heavy atom. The molecule has 2 aromatic rings. The highest BCUT2D eigenvalue weighted by molar-refractivity contribution is 5.33. The van der Waals surface area contributed by atoms with E-state index >= 15 is 0 Å². The molecule has 1 N–H and O–H groups in total. The smallest absolute Gasteiger partial charge is 0.0835 e. The van der Waals surface area contributed by atoms with Crippen molar-refractivity contribution in [1.29, 1.82) is 0 Å². The molecule has 0 bridgehead atoms. The average molecular weight is 253 g/mol. The summed E-state index contributed by atoms with van der Waals surface area (Å²) in [7, 11) is 0. The normalized spacial score (nSPS) is 12.0. The Morgan fingerprint density at radius 1 is 1.16 bits per heavy atom. The van der Waals surface area contributed by atoms with Crippen LogP contribution in [0.1, 0.15) is 31.1 Å². The summed E-state index contributed by atoms with van der Waals surface area (Å²) in [5.74, 6) is 6.48. The number of nitrogens with zero attached hydrogens (tertiary/aromatic N) is 1. The van der Waals surface area contributed by atoms with Gasteiger partial charge in [0, 0.05) is 18.0 Å². The van der Waals surface area contributed by atoms with Crippen LogP contribution in [0.15, 0.2) is 48.8 Å². The van der Waals surface area contributed by atoms with Crippen LogP contribution in [-0.4, -0.2) is 9.67 Å². The van der Waals surface area contributed by atoms with Crippen LogP contribution in [0, 0.1) is 17.8 Å². The van der Waals surface area contributed by atoms with Gasteiger partial charge in [-0.15, -0.1) is 0 Å². The van der Waals surface area contributed by atoms with Gasteiger partial charge in [-0.1, -0.05) is 43.9 Å². The maximum absolute atomic E-state index is 9.97. The Bertz CT molecular complexity index is 572. The molecule has 2 heteroatoms. The van der Waals surface area contributed by atoms with Gasteiger partial charge in [0.25, 0.3) is 0 Å². The van der Waals surface area contributed by atoms with Crippen molar-refractivity contribution >= 4 is 0 Å². The summed E-state index contributed by atoms with van der Waals surface area (Å²) in [6, 6.07) is 11.9. The van der Waals surface area contributed by atoms with Crippen LogP contribution >= 0.6 is 0 Å². The summed E-state index contributed by atoms with van der Waals surface area (Å²) >= 11 is 0. The fraction of sp³-hybridized carbons (Fsp3) is 0.294. The zero-order valence-electron chi connectivity index (χ0n) is 11.4. The fourth-order valence-corrected chi connectivity index (χ4v) is 1.87. The van der Waals surface area contributed by atoms with Gasteiger partial charge in [-0.3, -0.25) is 0 Å². The van der Waals surface area contributed by atoms with Crippen LogP contribution in [0.25, 0.3) is 0 Å². The van der Waals surface area contributed by atoms with E-state index in [0.29, 0.717) is 6.54 Å². The molecule has 98 valence electrons. The van der Waals surface area contributed by atoms with Crippen LogP contribution in [0.2, 0.25) is 0 Å². The predicted octanol–water partition coefficient (Wildman–Crippen LogP) is 3.23. The summed E-state index contributed by atoms with van der Waals surface area (Å²) in [6.07, 6.45) is 3.52. The van der Waals surface area contributed by atoms with Gasteiger partial charge in [0.05, 0.1) is 12.6 Å². The molecule has 0 aliphatic carbocycles. The van der Waals surface area contributed by atoms with E-state index in [4.69, 9.17) is 0 Å². The summed E-state index contributed by atoms with van der Waals surface area (Å²) in [4.78, 5) is 0. The van der Waals surface area contributed by atoms with Crippen molar-refractivity contribution in [3.05, 3.63) is 59.9 Å². The predicted molar refractivity (Wildman–Crippen MR) is 77.5 cm³/mol. The van der Waals surface area contributed by atoms with E-state index in [0.717, 1.165) is 11.1 Å². The number of aromatic nitrogens is 1. The zero-order valence-corrected chi connectivity index (χ0v) is 11.4. The largest absolute Gasteiger partial charge is 0.388 e. The molecule has 1 atom stereocenters. The highest BCUT2D eigenvalue weighted by Crippen LogP contribution is 2.21. The third-order valence-corrected chi connectivity index (χ3v) is 3.01. The van der Waals surface area contributed by atoms with Crippen molar-refractivity contribution in [3.63, 3.8) is 0 Å². The Hall–Kier alpha value is -1.98. The lowest BCUT2D eigenvalue weighted by molar-refractivity contribution is 0.127. The van der Waals surface area contributed by atoms with Crippen LogP contribution in [0.3, 0.4) is 0 Å². The van der Waals surface area contributed by atoms with Crippen molar-refractivity contribution in [3.8, 4) is 11.8 Å². The van der Waals surface area contributed by atoms with Crippen LogP contribution in [-0.2, 0) is 6.54 Å². The van der Waals surface area contributed by atoms with Crippen LogP contribution < -0.4 is 0 Å². The number of rotatable bonds is 3. The molecule has 0 aliphatic heterocycles. The minimum atomic E-state index is -0.400. The minimum absolute atomic E-state index is 0.228. The molecule has 0 aliphatic rings. The monoisotopic (exact) mass is 253 g/mol. The van der Waals surface area contributed by atoms with E-state index in [1.165, 1.54) is 0 Å². The van der Waals surface area contributed by atoms with E-state index < -0.39 is 6.10 Å². The third kappa shape index (κ3) is 3.74. The van der Waals surface area contributed by atoms with Gasteiger partial charge in [0.1, 0.15) is 0 Å². The van der Waals surface area contributed by atoms with E-state index in [-0.39, 0.29) is 5.92 Å². The van der Waals surface area contributed by atoms with Crippen molar-refractivity contribution in [2.75, 3.05) is 0 Å². The first kappa shape index (κ1) is 13.5. The van der Waals surface area contributed by atoms with Gasteiger partial charge >= 0.3 is 0 Å². The van der Waals surface area contributed by atoms with Gasteiger partial charge in [0.15, 0.2) is 0 Å². The lowest BCUT2D eigenvalue weighted by Crippen LogP contribution is -2.04. The minimum Gasteiger partial charge on any atom is -0.388 e. The molecule has 0 saturated carbocycles. The van der Waals surface area contributed by atoms with E-state index in [1.54, 1.807) is 0 Å². The third-order valence-electron chi connectivity index (χ3n) is 3.01. The van der Waals surface area contributed by atoms with Crippen molar-refractivity contribution in [2.45, 2.75) is 26.5 Å². The average Bonchev–Trinajstić information content (AvgIpc) is 2.88. The van der Waals surface area contributed by atoms with Gasteiger partial charge in [-0.2, -0.15) is 0 Å². The molecule has 0 spiro atoms. The molecule has 0 amide bonds. The van der Waals surface area contributed by atoms with Crippen molar-refractivity contribution in [2.24, 2.45) is 5.92 Å². The van der Waals surface area contributed by atoms with Gasteiger partial charge < -0.3 is 9.67 Å². The van der Waals surface area contributed by atoms with E-state index in [9.17, 15) is 5.11 Å². The SMILES string of the molecule is CC(C)C(O)c1ccn(CC#Cc2ccccc2)c1. The number of aliphatic hydroxyl groups is 1. The Kier molecular flexibility index (Phi) is 4.43. The molecule has 0 saturated heterocycles. The molecule has 0 radical (unpaired) electrons. The summed E-state index contributed by atoms with van der Waals surface area (Å²) < 4.78 is 2.00. The maximum atomic E-state index is 9.97. The van der Waals surface area contributed by atoms with Crippen LogP contribution in [0.4, 0.5) is 0 Å². The molecule has 1 heterocycles. The summed E-state index contributed by atoms with van der Waals surface area (Å²) in [5, 5.41) is 9.97. The second-order valence-electron chi connectivity index (χ2n) is 4.97. The maximum Gasteiger partial charge on any atom is 0.0835 e. The first-order chi connectivity index (χ1) is 9.16. The molecule has 2 rings (SSSR count). The number of hydrogen-bond acceptors (Lipinski definition) is 1. The molecular formula is C17H19NO. The fourth-order valence-electron chi connectivity index (χ4n) is 1.87. The number of benzene rings is 1. The van der Waals surface area contributed by atoms with E-state index in [2.05, 4.69) is 11.8 Å². The lowest BCUT2D eigenvalue weighted by atomic mass is 10.0. The highest BCUT2D eigenvalue weighted by Gasteiger charge is 2.12. The van der Waals surface area contributed by atoms with Crippen molar-refractivity contribution < 1.29 is 5.11 Å². The second-order valence-corrected chi connectivity index (χ2v) is 4.97. The molecule has 1 unspecified atom stereocenters. The molecule has 1 aromatic carbocycles. The number of hydrogen-bond donors (Lipinski definition) is 1. The molecular weight excluding hydrogens is 234 g/mol. The second kappa shape index (κ2) is 6.26. The first-order valence-electron chi connectivity index (χ1n) is 6.54. The number of aliphatic hydroxyl groups excluding tert-OH is 1. The Balaban J connectivity index is 2.00.